The van der Waals surface area contributed by atoms with E-state index in [0.717, 1.165) is 29.8 Å². The van der Waals surface area contributed by atoms with Crippen LogP contribution >= 0.6 is 12.4 Å². The molecule has 0 unspecified atom stereocenters. The van der Waals surface area contributed by atoms with Crippen molar-refractivity contribution in [3.8, 4) is 11.1 Å². The normalized spacial score (nSPS) is 10.8. The van der Waals surface area contributed by atoms with Crippen LogP contribution in [0.5, 0.6) is 0 Å². The summed E-state index contributed by atoms with van der Waals surface area (Å²) in [6, 6.07) is 25.9. The Bertz CT molecular complexity index is 900. The van der Waals surface area contributed by atoms with Crippen molar-refractivity contribution < 1.29 is 4.79 Å². The molecule has 144 valence electrons. The zero-order valence-electron chi connectivity index (χ0n) is 16.3. The molecule has 3 rings (SSSR count). The summed E-state index contributed by atoms with van der Waals surface area (Å²) < 4.78 is 0. The Kier molecular flexibility index (Phi) is 8.19. The van der Waals surface area contributed by atoms with Crippen LogP contribution in [0.25, 0.3) is 11.1 Å². The predicted octanol–water partition coefficient (Wildman–Crippen LogP) is 6.01. The van der Waals surface area contributed by atoms with Gasteiger partial charge in [0.1, 0.15) is 0 Å². The molecule has 0 bridgehead atoms. The van der Waals surface area contributed by atoms with Gasteiger partial charge in [0.05, 0.1) is 0 Å². The third-order valence-corrected chi connectivity index (χ3v) is 4.58. The zero-order chi connectivity index (χ0) is 19.1. The lowest BCUT2D eigenvalue weighted by Gasteiger charge is -2.14. The second-order valence-corrected chi connectivity index (χ2v) is 6.74. The average molecular weight is 392 g/mol. The Morgan fingerprint density at radius 2 is 1.36 bits per heavy atom. The minimum absolute atomic E-state index is 0. The minimum Gasteiger partial charge on any atom is -0.298 e. The van der Waals surface area contributed by atoms with Crippen molar-refractivity contribution in [2.24, 2.45) is 0 Å². The topological polar surface area (TPSA) is 20.3 Å². The highest BCUT2D eigenvalue weighted by atomic mass is 35.5. The molecule has 28 heavy (non-hydrogen) atoms. The van der Waals surface area contributed by atoms with Crippen LogP contribution in [-0.4, -0.2) is 24.3 Å². The van der Waals surface area contributed by atoms with Gasteiger partial charge in [-0.2, -0.15) is 0 Å². The van der Waals surface area contributed by atoms with Crippen molar-refractivity contribution in [2.45, 2.75) is 13.5 Å². The van der Waals surface area contributed by atoms with E-state index in [-0.39, 0.29) is 18.2 Å². The molecule has 0 radical (unpaired) electrons. The molecule has 0 saturated carbocycles. The second kappa shape index (κ2) is 10.6. The average Bonchev–Trinajstić information content (AvgIpc) is 2.73. The van der Waals surface area contributed by atoms with Crippen molar-refractivity contribution in [3.05, 3.63) is 108 Å². The molecule has 2 nitrogen and oxygen atoms in total. The van der Waals surface area contributed by atoms with E-state index in [9.17, 15) is 4.79 Å². The van der Waals surface area contributed by atoms with E-state index >= 15 is 0 Å². The molecular formula is C25H26ClNO. The van der Waals surface area contributed by atoms with Crippen LogP contribution in [0.4, 0.5) is 0 Å². The van der Waals surface area contributed by atoms with Gasteiger partial charge in [-0.15, -0.1) is 12.4 Å². The summed E-state index contributed by atoms with van der Waals surface area (Å²) >= 11 is 0. The van der Waals surface area contributed by atoms with Gasteiger partial charge in [-0.25, -0.2) is 0 Å². The molecule has 0 atom stereocenters. The molecule has 0 aromatic heterocycles. The Morgan fingerprint density at radius 3 is 1.93 bits per heavy atom. The molecule has 0 fully saturated rings. The summed E-state index contributed by atoms with van der Waals surface area (Å²) in [4.78, 5) is 14.8. The maximum atomic E-state index is 12.5. The van der Waals surface area contributed by atoms with Gasteiger partial charge in [-0.1, -0.05) is 91.0 Å². The van der Waals surface area contributed by atoms with Gasteiger partial charge < -0.3 is 0 Å². The smallest absolute Gasteiger partial charge is 0.193 e. The quantitative estimate of drug-likeness (QED) is 0.363. The number of nitrogens with zero attached hydrogens (tertiary/aromatic N) is 1. The van der Waals surface area contributed by atoms with Crippen LogP contribution in [-0.2, 0) is 6.54 Å². The summed E-state index contributed by atoms with van der Waals surface area (Å²) in [7, 11) is 2.12. The van der Waals surface area contributed by atoms with E-state index < -0.39 is 0 Å². The van der Waals surface area contributed by atoms with E-state index in [2.05, 4.69) is 48.4 Å². The van der Waals surface area contributed by atoms with Crippen LogP contribution in [0.3, 0.4) is 0 Å². The first-order valence-electron chi connectivity index (χ1n) is 9.26. The van der Waals surface area contributed by atoms with Crippen LogP contribution in [0.1, 0.15) is 28.4 Å². The highest BCUT2D eigenvalue weighted by Crippen LogP contribution is 2.22. The summed E-state index contributed by atoms with van der Waals surface area (Å²) in [6.45, 7) is 3.92. The number of likely N-dealkylation sites (N-methyl/N-ethyl adjacent to an activating group) is 1. The number of carbonyl (C=O) groups excluding carboxylic acids is 1. The monoisotopic (exact) mass is 391 g/mol. The number of carbonyl (C=O) groups is 1. The fourth-order valence-electron chi connectivity index (χ4n) is 3.03. The fourth-order valence-corrected chi connectivity index (χ4v) is 3.03. The first-order chi connectivity index (χ1) is 13.2. The first kappa shape index (κ1) is 21.6. The zero-order valence-corrected chi connectivity index (χ0v) is 17.2. The maximum Gasteiger partial charge on any atom is 0.193 e. The van der Waals surface area contributed by atoms with Gasteiger partial charge in [-0.3, -0.25) is 9.69 Å². The van der Waals surface area contributed by atoms with E-state index in [0.29, 0.717) is 5.56 Å². The number of halogens is 1. The highest BCUT2D eigenvalue weighted by molar-refractivity contribution is 6.09. The molecule has 0 aliphatic carbocycles. The van der Waals surface area contributed by atoms with Crippen molar-refractivity contribution in [2.75, 3.05) is 13.6 Å². The summed E-state index contributed by atoms with van der Waals surface area (Å²) in [6.07, 6.45) is 4.23. The second-order valence-electron chi connectivity index (χ2n) is 6.74. The van der Waals surface area contributed by atoms with Gasteiger partial charge in [0.15, 0.2) is 5.78 Å². The highest BCUT2D eigenvalue weighted by Gasteiger charge is 2.08. The maximum absolute atomic E-state index is 12.5. The van der Waals surface area contributed by atoms with E-state index in [1.807, 2.05) is 61.5 Å². The molecule has 0 spiro atoms. The van der Waals surface area contributed by atoms with E-state index in [4.69, 9.17) is 0 Å². The van der Waals surface area contributed by atoms with Crippen LogP contribution < -0.4 is 0 Å². The Hall–Kier alpha value is -2.68. The lowest BCUT2D eigenvalue weighted by molar-refractivity contribution is 0.103. The third-order valence-electron chi connectivity index (χ3n) is 4.58. The lowest BCUT2D eigenvalue weighted by Crippen LogP contribution is -2.17. The lowest BCUT2D eigenvalue weighted by atomic mass is 9.99. The van der Waals surface area contributed by atoms with E-state index in [1.54, 1.807) is 0 Å². The molecule has 0 aliphatic rings. The predicted molar refractivity (Wildman–Crippen MR) is 120 cm³/mol. The SMILES string of the molecule is CC=CCN(C)Cc1ccc(-c2ccc(C(=O)c3ccccc3)cc2)cc1.Cl. The first-order valence-corrected chi connectivity index (χ1v) is 9.26. The Balaban J connectivity index is 0.00000280. The number of ketones is 1. The number of benzene rings is 3. The molecular weight excluding hydrogens is 366 g/mol. The number of hydrogen-bond acceptors (Lipinski definition) is 2. The summed E-state index contributed by atoms with van der Waals surface area (Å²) in [5.74, 6) is 0.0571. The molecule has 0 N–H and O–H groups in total. The van der Waals surface area contributed by atoms with Crippen LogP contribution in [0, 0.1) is 0 Å². The largest absolute Gasteiger partial charge is 0.298 e. The summed E-state index contributed by atoms with van der Waals surface area (Å²) in [5.41, 5.74) is 5.01. The standard InChI is InChI=1S/C25H25NO.ClH/c1-3-4-18-26(2)19-20-10-12-21(13-11-20)22-14-16-24(17-15-22)25(27)23-8-6-5-7-9-23;/h3-17H,18-19H2,1-2H3;1H. The molecule has 0 amide bonds. The third kappa shape index (κ3) is 5.66. The molecule has 3 aromatic carbocycles. The van der Waals surface area contributed by atoms with Crippen LogP contribution in [0.2, 0.25) is 0 Å². The molecule has 3 aromatic rings. The number of allylic oxidation sites excluding steroid dienone is 1. The van der Waals surface area contributed by atoms with Gasteiger partial charge in [0, 0.05) is 24.2 Å². The molecule has 0 saturated heterocycles. The number of hydrogen-bond donors (Lipinski definition) is 0. The minimum atomic E-state index is 0. The Morgan fingerprint density at radius 1 is 0.821 bits per heavy atom. The van der Waals surface area contributed by atoms with Crippen molar-refractivity contribution in [3.63, 3.8) is 0 Å². The molecule has 0 aliphatic heterocycles. The van der Waals surface area contributed by atoms with Gasteiger partial charge in [0.25, 0.3) is 0 Å². The summed E-state index contributed by atoms with van der Waals surface area (Å²) in [5, 5.41) is 0. The molecule has 3 heteroatoms. The van der Waals surface area contributed by atoms with Crippen molar-refractivity contribution in [1.29, 1.82) is 0 Å². The van der Waals surface area contributed by atoms with Crippen molar-refractivity contribution in [1.82, 2.24) is 4.90 Å². The fraction of sp³-hybridized carbons (Fsp3) is 0.160. The number of rotatable bonds is 7. The van der Waals surface area contributed by atoms with Gasteiger partial charge >= 0.3 is 0 Å². The van der Waals surface area contributed by atoms with Crippen molar-refractivity contribution >= 4 is 18.2 Å². The van der Waals surface area contributed by atoms with E-state index in [1.165, 1.54) is 5.56 Å². The van der Waals surface area contributed by atoms with Crippen LogP contribution in [0.15, 0.2) is 91.0 Å². The molecule has 0 heterocycles. The Labute approximate surface area is 173 Å². The van der Waals surface area contributed by atoms with Gasteiger partial charge in [0.2, 0.25) is 0 Å². The van der Waals surface area contributed by atoms with Gasteiger partial charge in [-0.05, 0) is 30.7 Å².